The predicted octanol–water partition coefficient (Wildman–Crippen LogP) is 0.991. The van der Waals surface area contributed by atoms with Gasteiger partial charge in [-0.15, -0.1) is 0 Å². The molecule has 234 valence electrons. The Bertz CT molecular complexity index is 1140. The fourth-order valence-corrected chi connectivity index (χ4v) is 6.59. The maximum Gasteiger partial charge on any atom is 0.376 e. The fourth-order valence-electron chi connectivity index (χ4n) is 5.87. The number of Topliss-reactive ketones (excluding diaryl/α,β-unsaturated/α-hetero) is 1. The van der Waals surface area contributed by atoms with Crippen LogP contribution in [0, 0.1) is 28.6 Å². The van der Waals surface area contributed by atoms with Gasteiger partial charge in [-0.05, 0) is 41.4 Å². The highest BCUT2D eigenvalue weighted by atomic mass is 32.2. The van der Waals surface area contributed by atoms with E-state index in [9.17, 15) is 32.4 Å². The van der Waals surface area contributed by atoms with Crippen molar-refractivity contribution in [3.8, 4) is 0 Å². The zero-order valence-electron chi connectivity index (χ0n) is 26.0. The summed E-state index contributed by atoms with van der Waals surface area (Å²) in [6.07, 6.45) is 1.95. The smallest absolute Gasteiger partial charge is 0.376 e. The number of esters is 1. The van der Waals surface area contributed by atoms with Gasteiger partial charge in [0, 0.05) is 6.54 Å². The maximum absolute atomic E-state index is 14.1. The monoisotopic (exact) mass is 600 g/mol. The molecule has 3 N–H and O–H groups in total. The maximum atomic E-state index is 14.1. The van der Waals surface area contributed by atoms with Gasteiger partial charge in [-0.25, -0.2) is 17.9 Å². The van der Waals surface area contributed by atoms with Crippen molar-refractivity contribution in [2.75, 3.05) is 19.9 Å². The average molecular weight is 601 g/mol. The van der Waals surface area contributed by atoms with Gasteiger partial charge >= 0.3 is 5.97 Å². The topological polar surface area (TPSA) is 168 Å². The molecule has 1 saturated carbocycles. The third kappa shape index (κ3) is 8.27. The number of hydrogen-bond donors (Lipinski definition) is 3. The number of fused-ring (bicyclic) bond motifs is 1. The number of hydrogen-bond acceptors (Lipinski definition) is 8. The molecule has 0 aromatic carbocycles. The number of methoxy groups -OCH3 is 1. The van der Waals surface area contributed by atoms with Crippen molar-refractivity contribution in [2.24, 2.45) is 28.6 Å². The molecule has 12 nitrogen and oxygen atoms in total. The zero-order valence-corrected chi connectivity index (χ0v) is 26.8. The highest BCUT2D eigenvalue weighted by molar-refractivity contribution is 7.88. The van der Waals surface area contributed by atoms with Crippen LogP contribution in [0.25, 0.3) is 0 Å². The number of nitrogens with one attached hydrogen (secondary N) is 3. The first-order chi connectivity index (χ1) is 18.7. The molecular weight excluding hydrogens is 552 g/mol. The first-order valence-electron chi connectivity index (χ1n) is 14.2. The molecule has 2 aliphatic rings. The van der Waals surface area contributed by atoms with Gasteiger partial charge in [-0.1, -0.05) is 61.8 Å². The van der Waals surface area contributed by atoms with Crippen LogP contribution in [-0.2, 0) is 38.7 Å². The van der Waals surface area contributed by atoms with Crippen molar-refractivity contribution in [2.45, 2.75) is 98.8 Å². The lowest BCUT2D eigenvalue weighted by atomic mass is 9.84. The normalized spacial score (nSPS) is 23.7. The molecule has 6 atom stereocenters. The number of piperidine rings is 1. The van der Waals surface area contributed by atoms with E-state index < -0.39 is 69.1 Å². The second kappa shape index (κ2) is 12.8. The zero-order chi connectivity index (χ0) is 31.7. The Kier molecular flexibility index (Phi) is 10.8. The number of ketones is 1. The molecule has 0 radical (unpaired) electrons. The van der Waals surface area contributed by atoms with Gasteiger partial charge in [-0.2, -0.15) is 0 Å². The minimum absolute atomic E-state index is 0.00597. The van der Waals surface area contributed by atoms with Gasteiger partial charge in [0.25, 0.3) is 5.78 Å². The second-order valence-electron chi connectivity index (χ2n) is 13.5. The Balaban J connectivity index is 2.38. The summed E-state index contributed by atoms with van der Waals surface area (Å²) in [6.45, 7) is 15.2. The predicted molar refractivity (Wildman–Crippen MR) is 153 cm³/mol. The lowest BCUT2D eigenvalue weighted by Crippen LogP contribution is -2.62. The van der Waals surface area contributed by atoms with E-state index in [0.717, 1.165) is 13.4 Å². The molecule has 41 heavy (non-hydrogen) atoms. The van der Waals surface area contributed by atoms with Crippen molar-refractivity contribution in [3.63, 3.8) is 0 Å². The van der Waals surface area contributed by atoms with Crippen LogP contribution in [0.15, 0.2) is 0 Å². The summed E-state index contributed by atoms with van der Waals surface area (Å²) in [5, 5.41) is 5.46. The Hall–Kier alpha value is -2.54. The summed E-state index contributed by atoms with van der Waals surface area (Å²) in [4.78, 5) is 67.1. The largest absolute Gasteiger partial charge is 0.463 e. The van der Waals surface area contributed by atoms with Crippen LogP contribution in [0.1, 0.15) is 74.7 Å². The quantitative estimate of drug-likeness (QED) is 0.208. The van der Waals surface area contributed by atoms with Crippen LogP contribution in [0.5, 0.6) is 0 Å². The third-order valence-corrected chi connectivity index (χ3v) is 8.85. The van der Waals surface area contributed by atoms with Crippen molar-refractivity contribution in [1.29, 1.82) is 0 Å². The minimum Gasteiger partial charge on any atom is -0.463 e. The number of rotatable bonds is 13. The van der Waals surface area contributed by atoms with Crippen LogP contribution in [0.2, 0.25) is 0 Å². The van der Waals surface area contributed by atoms with Gasteiger partial charge in [0.05, 0.1) is 19.4 Å². The molecule has 0 bridgehead atoms. The van der Waals surface area contributed by atoms with E-state index in [1.165, 1.54) is 4.90 Å². The Morgan fingerprint density at radius 3 is 2.10 bits per heavy atom. The lowest BCUT2D eigenvalue weighted by molar-refractivity contribution is -0.153. The number of ether oxygens (including phenoxy) is 1. The number of amides is 3. The number of carbonyl (C=O) groups excluding carboxylic acids is 5. The minimum atomic E-state index is -3.71. The molecule has 0 spiro atoms. The molecule has 1 saturated heterocycles. The molecule has 3 amide bonds. The van der Waals surface area contributed by atoms with Gasteiger partial charge in [0.15, 0.2) is 0 Å². The summed E-state index contributed by atoms with van der Waals surface area (Å²) < 4.78 is 30.8. The van der Waals surface area contributed by atoms with E-state index in [1.807, 2.05) is 34.6 Å². The van der Waals surface area contributed by atoms with E-state index in [1.54, 1.807) is 20.8 Å². The molecule has 2 rings (SSSR count). The average Bonchev–Trinajstić information content (AvgIpc) is 3.15. The van der Waals surface area contributed by atoms with Gasteiger partial charge in [0.1, 0.15) is 18.1 Å². The molecule has 1 aliphatic heterocycles. The lowest BCUT2D eigenvalue weighted by Gasteiger charge is -2.38. The molecule has 0 aromatic rings. The van der Waals surface area contributed by atoms with Crippen LogP contribution < -0.4 is 15.4 Å². The van der Waals surface area contributed by atoms with E-state index in [-0.39, 0.29) is 42.6 Å². The first kappa shape index (κ1) is 34.7. The number of nitrogens with zero attached hydrogens (tertiary/aromatic N) is 1. The number of sulfonamides is 1. The highest BCUT2D eigenvalue weighted by Gasteiger charge is 2.70. The Morgan fingerprint density at radius 1 is 1.05 bits per heavy atom. The van der Waals surface area contributed by atoms with Gasteiger partial charge in [-0.3, -0.25) is 19.2 Å². The van der Waals surface area contributed by atoms with Crippen molar-refractivity contribution in [1.82, 2.24) is 20.3 Å². The summed E-state index contributed by atoms with van der Waals surface area (Å²) in [5.74, 6) is -3.69. The summed E-state index contributed by atoms with van der Waals surface area (Å²) in [5.41, 5.74) is -0.997. The van der Waals surface area contributed by atoms with E-state index in [4.69, 9.17) is 0 Å². The number of carbonyl (C=O) groups is 5. The molecule has 1 aliphatic carbocycles. The summed E-state index contributed by atoms with van der Waals surface area (Å²) >= 11 is 0. The molecule has 0 aromatic heterocycles. The van der Waals surface area contributed by atoms with E-state index >= 15 is 0 Å². The van der Waals surface area contributed by atoms with Crippen LogP contribution in [-0.4, -0.2) is 86.9 Å². The van der Waals surface area contributed by atoms with Crippen LogP contribution in [0.4, 0.5) is 0 Å². The van der Waals surface area contributed by atoms with Crippen LogP contribution in [0.3, 0.4) is 0 Å². The summed E-state index contributed by atoms with van der Waals surface area (Å²) in [6, 6.07) is -4.14. The molecule has 4 unspecified atom stereocenters. The molecule has 13 heteroatoms. The Labute approximate surface area is 244 Å². The fraction of sp³-hybridized carbons (Fsp3) is 0.821. The van der Waals surface area contributed by atoms with E-state index in [2.05, 4.69) is 20.1 Å². The first-order valence-corrected chi connectivity index (χ1v) is 16.1. The molecule has 2 fully saturated rings. The van der Waals surface area contributed by atoms with Gasteiger partial charge in [0.2, 0.25) is 27.7 Å². The van der Waals surface area contributed by atoms with Crippen molar-refractivity contribution < 1.29 is 37.1 Å². The van der Waals surface area contributed by atoms with Crippen molar-refractivity contribution >= 4 is 39.5 Å². The van der Waals surface area contributed by atoms with Crippen LogP contribution >= 0.6 is 0 Å². The number of likely N-dealkylation sites (tertiary alicyclic amines) is 1. The van der Waals surface area contributed by atoms with Crippen molar-refractivity contribution in [3.05, 3.63) is 0 Å². The molecule has 1 heterocycles. The highest BCUT2D eigenvalue weighted by Crippen LogP contribution is 2.65. The second-order valence-corrected chi connectivity index (χ2v) is 15.3. The standard InChI is InChI=1S/C28H48N4O8S/c1-11-12-17(21(33)26(37)40-9)29-24(35)20-19-16(28(19,7)8)14-32(20)25(36)22(27(4,5)6)30-23(34)18(13-15(2)3)31-41(10,38)39/h15-20,22,31H,11-14H2,1-10H3,(H,29,35)(H,30,34)/t16?,17-,18+,19?,20?,22?/m1/s1. The molecular formula is C28H48N4O8S. The third-order valence-electron chi connectivity index (χ3n) is 8.14. The summed E-state index contributed by atoms with van der Waals surface area (Å²) in [7, 11) is -2.61. The SMILES string of the molecule is CCC[C@@H](NC(=O)C1C2C(CN1C(=O)C(NC(=O)[C@H](CC(C)C)NS(C)(=O)=O)C(C)(C)C)C2(C)C)C(=O)C(=O)OC. The Morgan fingerprint density at radius 2 is 1.63 bits per heavy atom. The van der Waals surface area contributed by atoms with E-state index in [0.29, 0.717) is 6.42 Å². The van der Waals surface area contributed by atoms with Gasteiger partial charge < -0.3 is 20.3 Å².